The van der Waals surface area contributed by atoms with Crippen molar-refractivity contribution in [3.05, 3.63) is 22.8 Å². The van der Waals surface area contributed by atoms with Crippen molar-refractivity contribution in [2.24, 2.45) is 0 Å². The lowest BCUT2D eigenvalue weighted by molar-refractivity contribution is -0.123. The Morgan fingerprint density at radius 2 is 2.15 bits per heavy atom. The molecule has 0 fully saturated rings. The minimum Gasteiger partial charge on any atom is -0.369 e. The van der Waals surface area contributed by atoms with Crippen LogP contribution in [0.2, 0.25) is 5.02 Å². The molecule has 1 rings (SSSR count). The fourth-order valence-corrected chi connectivity index (χ4v) is 1.47. The molecule has 1 heterocycles. The number of hydrogen-bond acceptors (Lipinski definition) is 3. The molecular weight excluding hydrogens is 302 g/mol. The summed E-state index contributed by atoms with van der Waals surface area (Å²) in [6, 6.07) is 1.21. The highest BCUT2D eigenvalue weighted by Gasteiger charge is 2.40. The number of pyridine rings is 1. The van der Waals surface area contributed by atoms with Gasteiger partial charge < -0.3 is 10.6 Å². The van der Waals surface area contributed by atoms with E-state index in [1.807, 2.05) is 6.92 Å². The normalized spacial score (nSPS) is 11.6. The lowest BCUT2D eigenvalue weighted by atomic mass is 10.2. The van der Waals surface area contributed by atoms with Gasteiger partial charge in [0.25, 0.3) is 5.91 Å². The summed E-state index contributed by atoms with van der Waals surface area (Å²) in [5.41, 5.74) is -0.0956. The number of alkyl halides is 4. The first kappa shape index (κ1) is 16.5. The first-order valence-corrected chi connectivity index (χ1v) is 5.99. The highest BCUT2D eigenvalue weighted by molar-refractivity contribution is 6.33. The van der Waals surface area contributed by atoms with E-state index in [2.05, 4.69) is 10.3 Å². The first-order chi connectivity index (χ1) is 9.27. The maximum absolute atomic E-state index is 12.6. The number of nitrogens with one attached hydrogen (secondary N) is 2. The molecule has 0 saturated heterocycles. The van der Waals surface area contributed by atoms with Gasteiger partial charge in [-0.15, -0.1) is 0 Å². The standard InChI is InChI=1S/C11H12ClF4N3O/c1-2-17-8-7(12)3-6(4-18-8)9(20)19-5-11(15,16)10(13)14/h3-4,10H,2,5H2,1H3,(H,17,18)(H,19,20). The van der Waals surface area contributed by atoms with Crippen LogP contribution in [0.25, 0.3) is 0 Å². The number of hydrogen-bond donors (Lipinski definition) is 2. The van der Waals surface area contributed by atoms with Crippen molar-refractivity contribution in [2.45, 2.75) is 19.3 Å². The van der Waals surface area contributed by atoms with Crippen LogP contribution in [0.1, 0.15) is 17.3 Å². The molecule has 0 spiro atoms. The average Bonchev–Trinajstić information content (AvgIpc) is 2.38. The van der Waals surface area contributed by atoms with E-state index in [4.69, 9.17) is 11.6 Å². The summed E-state index contributed by atoms with van der Waals surface area (Å²) in [7, 11) is 0. The fraction of sp³-hybridized carbons (Fsp3) is 0.455. The van der Waals surface area contributed by atoms with E-state index >= 15 is 0 Å². The smallest absolute Gasteiger partial charge is 0.324 e. The van der Waals surface area contributed by atoms with E-state index in [1.54, 1.807) is 5.32 Å². The van der Waals surface area contributed by atoms with E-state index < -0.39 is 24.8 Å². The molecular formula is C11H12ClF4N3O. The van der Waals surface area contributed by atoms with Crippen molar-refractivity contribution in [3.63, 3.8) is 0 Å². The summed E-state index contributed by atoms with van der Waals surface area (Å²) >= 11 is 5.82. The summed E-state index contributed by atoms with van der Waals surface area (Å²) in [6.07, 6.45) is -2.74. The molecule has 1 amide bonds. The van der Waals surface area contributed by atoms with Gasteiger partial charge in [0.05, 0.1) is 17.1 Å². The van der Waals surface area contributed by atoms with Crippen molar-refractivity contribution >= 4 is 23.3 Å². The Kier molecular flexibility index (Phi) is 5.55. The monoisotopic (exact) mass is 313 g/mol. The molecule has 0 radical (unpaired) electrons. The zero-order chi connectivity index (χ0) is 15.3. The Hall–Kier alpha value is -1.57. The zero-order valence-electron chi connectivity index (χ0n) is 10.4. The Labute approximate surface area is 117 Å². The minimum atomic E-state index is -4.28. The molecule has 0 saturated carbocycles. The number of amides is 1. The minimum absolute atomic E-state index is 0.0956. The molecule has 112 valence electrons. The number of halogens is 5. The van der Waals surface area contributed by atoms with Crippen molar-refractivity contribution in [1.82, 2.24) is 10.3 Å². The van der Waals surface area contributed by atoms with E-state index in [0.29, 0.717) is 12.4 Å². The van der Waals surface area contributed by atoms with Crippen LogP contribution in [0, 0.1) is 0 Å². The van der Waals surface area contributed by atoms with Crippen LogP contribution in [0.5, 0.6) is 0 Å². The molecule has 1 aromatic heterocycles. The highest BCUT2D eigenvalue weighted by atomic mass is 35.5. The highest BCUT2D eigenvalue weighted by Crippen LogP contribution is 2.22. The number of rotatable bonds is 6. The third kappa shape index (κ3) is 4.22. The van der Waals surface area contributed by atoms with Crippen LogP contribution < -0.4 is 10.6 Å². The molecule has 20 heavy (non-hydrogen) atoms. The van der Waals surface area contributed by atoms with Crippen molar-refractivity contribution in [1.29, 1.82) is 0 Å². The SMILES string of the molecule is CCNc1ncc(C(=O)NCC(F)(F)C(F)F)cc1Cl. The van der Waals surface area contributed by atoms with Crippen molar-refractivity contribution in [2.75, 3.05) is 18.4 Å². The number of aromatic nitrogens is 1. The molecule has 0 atom stereocenters. The van der Waals surface area contributed by atoms with E-state index in [-0.39, 0.29) is 10.6 Å². The number of carbonyl (C=O) groups excluding carboxylic acids is 1. The molecule has 0 aliphatic carbocycles. The summed E-state index contributed by atoms with van der Waals surface area (Å²) < 4.78 is 49.1. The van der Waals surface area contributed by atoms with Crippen molar-refractivity contribution < 1.29 is 22.4 Å². The average molecular weight is 314 g/mol. The molecule has 9 heteroatoms. The third-order valence-electron chi connectivity index (χ3n) is 2.25. The van der Waals surface area contributed by atoms with Gasteiger partial charge in [0.1, 0.15) is 5.82 Å². The van der Waals surface area contributed by atoms with Gasteiger partial charge in [-0.25, -0.2) is 13.8 Å². The molecule has 0 aliphatic rings. The van der Waals surface area contributed by atoms with Crippen LogP contribution in [-0.2, 0) is 0 Å². The van der Waals surface area contributed by atoms with E-state index in [9.17, 15) is 22.4 Å². The van der Waals surface area contributed by atoms with Crippen molar-refractivity contribution in [3.8, 4) is 0 Å². The third-order valence-corrected chi connectivity index (χ3v) is 2.54. The second kappa shape index (κ2) is 6.74. The van der Waals surface area contributed by atoms with Crippen LogP contribution in [0.4, 0.5) is 23.4 Å². The summed E-state index contributed by atoms with van der Waals surface area (Å²) in [5.74, 6) is -4.90. The molecule has 1 aromatic rings. The van der Waals surface area contributed by atoms with Crippen LogP contribution >= 0.6 is 11.6 Å². The van der Waals surface area contributed by atoms with Crippen LogP contribution in [0.3, 0.4) is 0 Å². The Bertz CT molecular complexity index is 485. The molecule has 2 N–H and O–H groups in total. The number of nitrogens with zero attached hydrogens (tertiary/aromatic N) is 1. The molecule has 0 aromatic carbocycles. The first-order valence-electron chi connectivity index (χ1n) is 5.61. The van der Waals surface area contributed by atoms with Gasteiger partial charge in [-0.1, -0.05) is 11.6 Å². The van der Waals surface area contributed by atoms with Gasteiger partial charge in [-0.3, -0.25) is 4.79 Å². The summed E-state index contributed by atoms with van der Waals surface area (Å²) in [5, 5.41) is 4.66. The second-order valence-corrected chi connectivity index (χ2v) is 4.24. The Balaban J connectivity index is 2.71. The maximum Gasteiger partial charge on any atom is 0.324 e. The fourth-order valence-electron chi connectivity index (χ4n) is 1.24. The zero-order valence-corrected chi connectivity index (χ0v) is 11.1. The number of carbonyl (C=O) groups is 1. The molecule has 0 bridgehead atoms. The van der Waals surface area contributed by atoms with Gasteiger partial charge in [0.2, 0.25) is 0 Å². The molecule has 0 unspecified atom stereocenters. The quantitative estimate of drug-likeness (QED) is 0.794. The van der Waals surface area contributed by atoms with Gasteiger partial charge >= 0.3 is 12.3 Å². The maximum atomic E-state index is 12.6. The van der Waals surface area contributed by atoms with Gasteiger partial charge in [-0.2, -0.15) is 8.78 Å². The summed E-state index contributed by atoms with van der Waals surface area (Å²) in [6.45, 7) is 0.903. The second-order valence-electron chi connectivity index (χ2n) is 3.83. The number of anilines is 1. The topological polar surface area (TPSA) is 54.0 Å². The Morgan fingerprint density at radius 1 is 1.50 bits per heavy atom. The lowest BCUT2D eigenvalue weighted by Gasteiger charge is -2.15. The lowest BCUT2D eigenvalue weighted by Crippen LogP contribution is -2.41. The molecule has 0 aliphatic heterocycles. The predicted molar refractivity (Wildman–Crippen MR) is 66.7 cm³/mol. The van der Waals surface area contributed by atoms with Gasteiger partial charge in [0, 0.05) is 12.7 Å². The van der Waals surface area contributed by atoms with E-state index in [0.717, 1.165) is 6.20 Å². The molecule has 4 nitrogen and oxygen atoms in total. The van der Waals surface area contributed by atoms with E-state index in [1.165, 1.54) is 6.07 Å². The van der Waals surface area contributed by atoms with Gasteiger partial charge in [-0.05, 0) is 13.0 Å². The Morgan fingerprint density at radius 3 is 2.65 bits per heavy atom. The van der Waals surface area contributed by atoms with Crippen LogP contribution in [0.15, 0.2) is 12.3 Å². The summed E-state index contributed by atoms with van der Waals surface area (Å²) in [4.78, 5) is 15.4. The van der Waals surface area contributed by atoms with Gasteiger partial charge in [0.15, 0.2) is 0 Å². The predicted octanol–water partition coefficient (Wildman–Crippen LogP) is 2.80. The largest absolute Gasteiger partial charge is 0.369 e. The van der Waals surface area contributed by atoms with Crippen LogP contribution in [-0.4, -0.2) is 36.3 Å².